The van der Waals surface area contributed by atoms with Crippen molar-refractivity contribution in [1.82, 2.24) is 4.90 Å². The lowest BCUT2D eigenvalue weighted by atomic mass is 9.76. The third-order valence-corrected chi connectivity index (χ3v) is 4.87. The standard InChI is InChI=1S/C16H32N2/c1-11(2)10-18(14-6-7-14)16-9-13(12(3)4)5-8-15(16)17/h11-16H,5-10,17H2,1-4H3. The third-order valence-electron chi connectivity index (χ3n) is 4.87. The number of hydrogen-bond acceptors (Lipinski definition) is 2. The molecule has 3 atom stereocenters. The molecule has 3 unspecified atom stereocenters. The summed E-state index contributed by atoms with van der Waals surface area (Å²) in [4.78, 5) is 2.77. The van der Waals surface area contributed by atoms with Gasteiger partial charge in [0.15, 0.2) is 0 Å². The van der Waals surface area contributed by atoms with Crippen LogP contribution in [0.4, 0.5) is 0 Å². The quantitative estimate of drug-likeness (QED) is 0.814. The minimum Gasteiger partial charge on any atom is -0.326 e. The van der Waals surface area contributed by atoms with Gasteiger partial charge in [-0.25, -0.2) is 0 Å². The maximum absolute atomic E-state index is 6.44. The lowest BCUT2D eigenvalue weighted by Crippen LogP contribution is -2.53. The first-order valence-corrected chi connectivity index (χ1v) is 8.00. The Hall–Kier alpha value is -0.0800. The molecule has 0 radical (unpaired) electrons. The van der Waals surface area contributed by atoms with Crippen LogP contribution in [0.3, 0.4) is 0 Å². The lowest BCUT2D eigenvalue weighted by Gasteiger charge is -2.43. The maximum atomic E-state index is 6.44. The van der Waals surface area contributed by atoms with E-state index in [2.05, 4.69) is 32.6 Å². The van der Waals surface area contributed by atoms with E-state index in [-0.39, 0.29) is 0 Å². The molecule has 0 bridgehead atoms. The predicted octanol–water partition coefficient (Wildman–Crippen LogP) is 3.26. The van der Waals surface area contributed by atoms with Gasteiger partial charge >= 0.3 is 0 Å². The Morgan fingerprint density at radius 2 is 1.72 bits per heavy atom. The lowest BCUT2D eigenvalue weighted by molar-refractivity contribution is 0.0801. The topological polar surface area (TPSA) is 29.3 Å². The first-order chi connectivity index (χ1) is 8.49. The Labute approximate surface area is 113 Å². The SMILES string of the molecule is CC(C)CN(C1CC1)C1CC(C(C)C)CCC1N. The molecule has 0 aromatic carbocycles. The van der Waals surface area contributed by atoms with Crippen LogP contribution in [0, 0.1) is 17.8 Å². The van der Waals surface area contributed by atoms with Crippen LogP contribution in [0.5, 0.6) is 0 Å². The van der Waals surface area contributed by atoms with Crippen molar-refractivity contribution in [2.75, 3.05) is 6.54 Å². The Morgan fingerprint density at radius 3 is 2.22 bits per heavy atom. The molecule has 0 amide bonds. The minimum absolute atomic E-state index is 0.416. The van der Waals surface area contributed by atoms with Gasteiger partial charge in [-0.15, -0.1) is 0 Å². The van der Waals surface area contributed by atoms with Crippen LogP contribution in [0.1, 0.15) is 59.8 Å². The van der Waals surface area contributed by atoms with E-state index in [4.69, 9.17) is 5.73 Å². The molecule has 2 fully saturated rings. The van der Waals surface area contributed by atoms with Crippen molar-refractivity contribution in [3.8, 4) is 0 Å². The molecular weight excluding hydrogens is 220 g/mol. The zero-order valence-corrected chi connectivity index (χ0v) is 12.7. The van der Waals surface area contributed by atoms with Gasteiger partial charge < -0.3 is 5.73 Å². The second kappa shape index (κ2) is 5.92. The van der Waals surface area contributed by atoms with Crippen molar-refractivity contribution in [3.63, 3.8) is 0 Å². The van der Waals surface area contributed by atoms with E-state index in [9.17, 15) is 0 Å². The van der Waals surface area contributed by atoms with Gasteiger partial charge in [-0.2, -0.15) is 0 Å². The van der Waals surface area contributed by atoms with Crippen LogP contribution < -0.4 is 5.73 Å². The fourth-order valence-electron chi connectivity index (χ4n) is 3.57. The highest BCUT2D eigenvalue weighted by Crippen LogP contribution is 2.37. The number of nitrogens with two attached hydrogens (primary N) is 1. The van der Waals surface area contributed by atoms with Crippen LogP contribution in [0.2, 0.25) is 0 Å². The highest BCUT2D eigenvalue weighted by atomic mass is 15.2. The summed E-state index contributed by atoms with van der Waals surface area (Å²) in [5, 5.41) is 0. The van der Waals surface area contributed by atoms with Crippen LogP contribution in [0.25, 0.3) is 0 Å². The molecule has 0 heterocycles. The van der Waals surface area contributed by atoms with E-state index in [1.165, 1.54) is 38.6 Å². The van der Waals surface area contributed by atoms with Crippen molar-refractivity contribution in [3.05, 3.63) is 0 Å². The number of hydrogen-bond donors (Lipinski definition) is 1. The van der Waals surface area contributed by atoms with Crippen molar-refractivity contribution < 1.29 is 0 Å². The second-order valence-electron chi connectivity index (χ2n) is 7.37. The third kappa shape index (κ3) is 3.48. The number of nitrogens with zero attached hydrogens (tertiary/aromatic N) is 1. The van der Waals surface area contributed by atoms with Crippen molar-refractivity contribution >= 4 is 0 Å². The van der Waals surface area contributed by atoms with Crippen molar-refractivity contribution in [2.45, 2.75) is 77.9 Å². The minimum atomic E-state index is 0.416. The molecule has 2 aliphatic rings. The van der Waals surface area contributed by atoms with Crippen LogP contribution in [-0.4, -0.2) is 29.6 Å². The Bertz CT molecular complexity index is 258. The summed E-state index contributed by atoms with van der Waals surface area (Å²) >= 11 is 0. The van der Waals surface area contributed by atoms with Crippen LogP contribution in [0.15, 0.2) is 0 Å². The number of rotatable bonds is 5. The van der Waals surface area contributed by atoms with E-state index in [0.717, 1.165) is 23.8 Å². The van der Waals surface area contributed by atoms with Gasteiger partial charge in [-0.3, -0.25) is 4.90 Å². The smallest absolute Gasteiger partial charge is 0.0252 e. The largest absolute Gasteiger partial charge is 0.326 e. The first kappa shape index (κ1) is 14.3. The zero-order chi connectivity index (χ0) is 13.3. The van der Waals surface area contributed by atoms with E-state index in [1.807, 2.05) is 0 Å². The summed E-state index contributed by atoms with van der Waals surface area (Å²) in [6.45, 7) is 10.7. The summed E-state index contributed by atoms with van der Waals surface area (Å²) in [6.07, 6.45) is 6.72. The van der Waals surface area contributed by atoms with E-state index < -0.39 is 0 Å². The van der Waals surface area contributed by atoms with Gasteiger partial charge in [0.1, 0.15) is 0 Å². The monoisotopic (exact) mass is 252 g/mol. The summed E-state index contributed by atoms with van der Waals surface area (Å²) in [7, 11) is 0. The summed E-state index contributed by atoms with van der Waals surface area (Å²) in [5.74, 6) is 2.47. The normalized spacial score (nSPS) is 33.7. The molecule has 2 nitrogen and oxygen atoms in total. The fraction of sp³-hybridized carbons (Fsp3) is 1.00. The average Bonchev–Trinajstić information content (AvgIpc) is 3.10. The molecule has 2 N–H and O–H groups in total. The Morgan fingerprint density at radius 1 is 1.06 bits per heavy atom. The molecule has 2 saturated carbocycles. The molecule has 0 aromatic rings. The van der Waals surface area contributed by atoms with Gasteiger partial charge in [0.05, 0.1) is 0 Å². The molecule has 18 heavy (non-hydrogen) atoms. The molecule has 2 aliphatic carbocycles. The van der Waals surface area contributed by atoms with Gasteiger partial charge in [-0.1, -0.05) is 27.7 Å². The average molecular weight is 252 g/mol. The van der Waals surface area contributed by atoms with Gasteiger partial charge in [0.2, 0.25) is 0 Å². The molecule has 0 spiro atoms. The van der Waals surface area contributed by atoms with Crippen LogP contribution >= 0.6 is 0 Å². The fourth-order valence-corrected chi connectivity index (χ4v) is 3.57. The second-order valence-corrected chi connectivity index (χ2v) is 7.37. The first-order valence-electron chi connectivity index (χ1n) is 8.00. The Balaban J connectivity index is 2.01. The highest BCUT2D eigenvalue weighted by molar-refractivity contribution is 4.96. The predicted molar refractivity (Wildman–Crippen MR) is 78.5 cm³/mol. The van der Waals surface area contributed by atoms with Gasteiger partial charge in [0, 0.05) is 24.7 Å². The molecule has 0 saturated heterocycles. The van der Waals surface area contributed by atoms with Crippen molar-refractivity contribution in [1.29, 1.82) is 0 Å². The van der Waals surface area contributed by atoms with Crippen molar-refractivity contribution in [2.24, 2.45) is 23.5 Å². The molecule has 0 aliphatic heterocycles. The zero-order valence-electron chi connectivity index (χ0n) is 12.7. The summed E-state index contributed by atoms with van der Waals surface area (Å²) < 4.78 is 0. The summed E-state index contributed by atoms with van der Waals surface area (Å²) in [5.41, 5.74) is 6.44. The summed E-state index contributed by atoms with van der Waals surface area (Å²) in [6, 6.07) is 1.93. The molecular formula is C16H32N2. The van der Waals surface area contributed by atoms with Gasteiger partial charge in [-0.05, 0) is 49.9 Å². The maximum Gasteiger partial charge on any atom is 0.0252 e. The van der Waals surface area contributed by atoms with E-state index in [1.54, 1.807) is 0 Å². The molecule has 2 rings (SSSR count). The molecule has 2 heteroatoms. The van der Waals surface area contributed by atoms with E-state index >= 15 is 0 Å². The van der Waals surface area contributed by atoms with E-state index in [0.29, 0.717) is 12.1 Å². The molecule has 106 valence electrons. The van der Waals surface area contributed by atoms with Gasteiger partial charge in [0.25, 0.3) is 0 Å². The van der Waals surface area contributed by atoms with Crippen LogP contribution in [-0.2, 0) is 0 Å². The highest BCUT2D eigenvalue weighted by Gasteiger charge is 2.40. The molecule has 0 aromatic heterocycles. The Kier molecular flexibility index (Phi) is 4.71.